The van der Waals surface area contributed by atoms with E-state index in [0.29, 0.717) is 12.1 Å². The second kappa shape index (κ2) is 6.87. The molecule has 1 aromatic heterocycles. The normalized spacial score (nSPS) is 17.3. The number of methoxy groups -OCH3 is 1. The number of hydrogen-bond acceptors (Lipinski definition) is 5. The highest BCUT2D eigenvalue weighted by molar-refractivity contribution is 7.10. The number of carbonyl (C=O) groups excluding carboxylic acids is 1. The topological polar surface area (TPSA) is 48.0 Å². The fraction of sp³-hybridized carbons (Fsp3) is 0.227. The van der Waals surface area contributed by atoms with Gasteiger partial charge in [-0.05, 0) is 65.4 Å². The van der Waals surface area contributed by atoms with Crippen molar-refractivity contribution in [1.29, 1.82) is 0 Å². The van der Waals surface area contributed by atoms with Gasteiger partial charge < -0.3 is 19.1 Å². The molecule has 5 nitrogen and oxygen atoms in total. The Labute approximate surface area is 167 Å². The summed E-state index contributed by atoms with van der Waals surface area (Å²) in [6.07, 6.45) is 0.863. The van der Waals surface area contributed by atoms with Crippen LogP contribution in [0.1, 0.15) is 32.4 Å². The van der Waals surface area contributed by atoms with Crippen LogP contribution in [0, 0.1) is 0 Å². The van der Waals surface area contributed by atoms with Crippen LogP contribution in [-0.2, 0) is 6.42 Å². The van der Waals surface area contributed by atoms with Gasteiger partial charge in [-0.1, -0.05) is 6.07 Å². The van der Waals surface area contributed by atoms with Crippen molar-refractivity contribution in [1.82, 2.24) is 4.90 Å². The zero-order chi connectivity index (χ0) is 19.1. The lowest BCUT2D eigenvalue weighted by molar-refractivity contribution is 0.0698. The van der Waals surface area contributed by atoms with Gasteiger partial charge in [-0.2, -0.15) is 0 Å². The van der Waals surface area contributed by atoms with Crippen LogP contribution in [0.5, 0.6) is 17.2 Å². The van der Waals surface area contributed by atoms with E-state index in [1.54, 1.807) is 18.4 Å². The Morgan fingerprint density at radius 1 is 1.11 bits per heavy atom. The third kappa shape index (κ3) is 2.81. The third-order valence-electron chi connectivity index (χ3n) is 5.27. The molecule has 6 heteroatoms. The van der Waals surface area contributed by atoms with Gasteiger partial charge in [0.05, 0.1) is 13.2 Å². The average Bonchev–Trinajstić information content (AvgIpc) is 3.41. The van der Waals surface area contributed by atoms with Crippen LogP contribution in [0.15, 0.2) is 53.9 Å². The minimum atomic E-state index is -0.132. The predicted molar refractivity (Wildman–Crippen MR) is 106 cm³/mol. The number of fused-ring (bicyclic) bond motifs is 2. The largest absolute Gasteiger partial charge is 0.497 e. The molecule has 5 rings (SSSR count). The summed E-state index contributed by atoms with van der Waals surface area (Å²) in [6.45, 7) is 0.913. The zero-order valence-electron chi connectivity index (χ0n) is 15.4. The Morgan fingerprint density at radius 3 is 2.75 bits per heavy atom. The molecule has 0 bridgehead atoms. The standard InChI is InChI=1S/C22H19NO4S/c1-25-17-5-2-15(3-6-17)22(24)23-10-8-14-9-11-28-21(14)20(23)16-4-7-18-19(12-16)27-13-26-18/h2-7,9,11-12,20H,8,10,13H2,1H3. The van der Waals surface area contributed by atoms with Crippen molar-refractivity contribution in [2.24, 2.45) is 0 Å². The van der Waals surface area contributed by atoms with Gasteiger partial charge in [0, 0.05) is 17.0 Å². The van der Waals surface area contributed by atoms with Gasteiger partial charge in [0.2, 0.25) is 6.79 Å². The summed E-state index contributed by atoms with van der Waals surface area (Å²) >= 11 is 1.70. The summed E-state index contributed by atoms with van der Waals surface area (Å²) in [5.41, 5.74) is 3.01. The number of rotatable bonds is 3. The minimum absolute atomic E-state index is 0.0179. The van der Waals surface area contributed by atoms with Crippen molar-refractivity contribution in [2.45, 2.75) is 12.5 Å². The highest BCUT2D eigenvalue weighted by Crippen LogP contribution is 2.42. The molecule has 1 amide bonds. The van der Waals surface area contributed by atoms with Crippen molar-refractivity contribution in [3.05, 3.63) is 75.5 Å². The van der Waals surface area contributed by atoms with E-state index in [4.69, 9.17) is 14.2 Å². The van der Waals surface area contributed by atoms with Gasteiger partial charge in [0.15, 0.2) is 11.5 Å². The van der Waals surface area contributed by atoms with Crippen molar-refractivity contribution in [3.63, 3.8) is 0 Å². The van der Waals surface area contributed by atoms with Crippen molar-refractivity contribution in [3.8, 4) is 17.2 Å². The molecule has 0 radical (unpaired) electrons. The van der Waals surface area contributed by atoms with Gasteiger partial charge >= 0.3 is 0 Å². The summed E-state index contributed by atoms with van der Waals surface area (Å²) in [5, 5.41) is 2.10. The van der Waals surface area contributed by atoms with E-state index in [9.17, 15) is 4.79 Å². The lowest BCUT2D eigenvalue weighted by atomic mass is 9.94. The molecular weight excluding hydrogens is 374 g/mol. The SMILES string of the molecule is COc1ccc(C(=O)N2CCc3ccsc3C2c2ccc3c(c2)OCO3)cc1. The summed E-state index contributed by atoms with van der Waals surface area (Å²) in [7, 11) is 1.62. The van der Waals surface area contributed by atoms with Crippen LogP contribution in [0.2, 0.25) is 0 Å². The Balaban J connectivity index is 1.55. The third-order valence-corrected chi connectivity index (χ3v) is 6.28. The minimum Gasteiger partial charge on any atom is -0.497 e. The molecule has 0 saturated heterocycles. The van der Waals surface area contributed by atoms with Gasteiger partial charge in [0.1, 0.15) is 5.75 Å². The molecule has 0 aliphatic carbocycles. The summed E-state index contributed by atoms with van der Waals surface area (Å²) in [5.74, 6) is 2.24. The molecule has 28 heavy (non-hydrogen) atoms. The molecule has 2 aliphatic heterocycles. The van der Waals surface area contributed by atoms with E-state index < -0.39 is 0 Å². The van der Waals surface area contributed by atoms with E-state index >= 15 is 0 Å². The van der Waals surface area contributed by atoms with Crippen molar-refractivity contribution in [2.75, 3.05) is 20.4 Å². The molecule has 0 spiro atoms. The summed E-state index contributed by atoms with van der Waals surface area (Å²) in [4.78, 5) is 16.6. The predicted octanol–water partition coefficient (Wildman–Crippen LogP) is 4.27. The number of nitrogens with zero attached hydrogens (tertiary/aromatic N) is 1. The Bertz CT molecular complexity index is 1030. The molecule has 142 valence electrons. The molecule has 3 heterocycles. The molecule has 1 unspecified atom stereocenters. The van der Waals surface area contributed by atoms with Gasteiger partial charge in [-0.25, -0.2) is 0 Å². The smallest absolute Gasteiger partial charge is 0.254 e. The highest BCUT2D eigenvalue weighted by Gasteiger charge is 2.34. The number of benzene rings is 2. The van der Waals surface area contributed by atoms with Gasteiger partial charge in [-0.3, -0.25) is 4.79 Å². The monoisotopic (exact) mass is 393 g/mol. The Kier molecular flexibility index (Phi) is 4.20. The van der Waals surface area contributed by atoms with Crippen molar-refractivity contribution < 1.29 is 19.0 Å². The molecule has 1 atom stereocenters. The number of thiophene rings is 1. The number of ether oxygens (including phenoxy) is 3. The number of amides is 1. The van der Waals surface area contributed by atoms with Crippen LogP contribution in [-0.4, -0.2) is 31.3 Å². The fourth-order valence-corrected chi connectivity index (χ4v) is 4.93. The first kappa shape index (κ1) is 17.1. The van der Waals surface area contributed by atoms with E-state index in [2.05, 4.69) is 11.4 Å². The lowest BCUT2D eigenvalue weighted by Crippen LogP contribution is -2.40. The highest BCUT2D eigenvalue weighted by atomic mass is 32.1. The van der Waals surface area contributed by atoms with Gasteiger partial charge in [-0.15, -0.1) is 11.3 Å². The summed E-state index contributed by atoms with van der Waals surface area (Å²) < 4.78 is 16.2. The Morgan fingerprint density at radius 2 is 1.93 bits per heavy atom. The molecule has 0 N–H and O–H groups in total. The van der Waals surface area contributed by atoms with E-state index in [1.165, 1.54) is 10.4 Å². The Hall–Kier alpha value is -2.99. The van der Waals surface area contributed by atoms with Crippen LogP contribution in [0.4, 0.5) is 0 Å². The lowest BCUT2D eigenvalue weighted by Gasteiger charge is -2.36. The molecular formula is C22H19NO4S. The number of hydrogen-bond donors (Lipinski definition) is 0. The first-order chi connectivity index (χ1) is 13.7. The molecule has 0 fully saturated rings. The first-order valence-electron chi connectivity index (χ1n) is 9.15. The van der Waals surface area contributed by atoms with Gasteiger partial charge in [0.25, 0.3) is 5.91 Å². The van der Waals surface area contributed by atoms with Crippen LogP contribution in [0.3, 0.4) is 0 Å². The van der Waals surface area contributed by atoms with E-state index in [-0.39, 0.29) is 18.7 Å². The zero-order valence-corrected chi connectivity index (χ0v) is 16.2. The number of carbonyl (C=O) groups is 1. The second-order valence-electron chi connectivity index (χ2n) is 6.80. The van der Waals surface area contributed by atoms with Crippen molar-refractivity contribution >= 4 is 17.2 Å². The second-order valence-corrected chi connectivity index (χ2v) is 7.75. The van der Waals surface area contributed by atoms with E-state index in [0.717, 1.165) is 29.2 Å². The molecule has 2 aromatic carbocycles. The maximum atomic E-state index is 13.4. The summed E-state index contributed by atoms with van der Waals surface area (Å²) in [6, 6.07) is 15.3. The maximum Gasteiger partial charge on any atom is 0.254 e. The fourth-order valence-electron chi connectivity index (χ4n) is 3.84. The van der Waals surface area contributed by atoms with Crippen LogP contribution >= 0.6 is 11.3 Å². The van der Waals surface area contributed by atoms with E-state index in [1.807, 2.05) is 47.4 Å². The quantitative estimate of drug-likeness (QED) is 0.667. The molecule has 3 aromatic rings. The maximum absolute atomic E-state index is 13.4. The molecule has 0 saturated carbocycles. The van der Waals surface area contributed by atoms with Crippen LogP contribution in [0.25, 0.3) is 0 Å². The van der Waals surface area contributed by atoms with Crippen LogP contribution < -0.4 is 14.2 Å². The molecule has 2 aliphatic rings. The first-order valence-corrected chi connectivity index (χ1v) is 10.0. The average molecular weight is 393 g/mol.